The predicted molar refractivity (Wildman–Crippen MR) is 126 cm³/mol. The van der Waals surface area contributed by atoms with E-state index in [0.717, 1.165) is 28.4 Å². The Balaban J connectivity index is 1.57. The van der Waals surface area contributed by atoms with Gasteiger partial charge in [-0.3, -0.25) is 0 Å². The van der Waals surface area contributed by atoms with Crippen molar-refractivity contribution in [3.05, 3.63) is 83.3 Å². The Morgan fingerprint density at radius 1 is 1.06 bits per heavy atom. The maximum Gasteiger partial charge on any atom is 0.382 e. The van der Waals surface area contributed by atoms with Crippen molar-refractivity contribution in [3.8, 4) is 17.6 Å². The fraction of sp³-hybridized carbons (Fsp3) is 0.160. The molecule has 0 aliphatic heterocycles. The normalized spacial score (nSPS) is 10.5. The molecule has 1 N–H and O–H groups in total. The summed E-state index contributed by atoms with van der Waals surface area (Å²) in [5, 5.41) is 9.47. The van der Waals surface area contributed by atoms with Gasteiger partial charge in [-0.15, -0.1) is 0 Å². The molecule has 2 aromatic heterocycles. The zero-order chi connectivity index (χ0) is 23.2. The van der Waals surface area contributed by atoms with Crippen LogP contribution >= 0.6 is 11.3 Å². The molecule has 0 amide bonds. The number of benzene rings is 2. The van der Waals surface area contributed by atoms with E-state index in [0.29, 0.717) is 29.0 Å². The molecule has 2 aromatic carbocycles. The minimum absolute atomic E-state index is 0.527. The standard InChI is InChI=1S/C25H20FN3O3S/c1-32-20-9-6-18(7-10-20)14-15-29(25-27-21-11-12-22(26)28-24(21)33-25)16-19-4-2-17(3-5-19)8-13-23(30)31/h2-7,9-12H,14-16H2,1H3,(H,30,31). The zero-order valence-corrected chi connectivity index (χ0v) is 18.6. The van der Waals surface area contributed by atoms with E-state index >= 15 is 0 Å². The predicted octanol–water partition coefficient (Wildman–Crippen LogP) is 4.52. The Morgan fingerprint density at radius 2 is 1.79 bits per heavy atom. The van der Waals surface area contributed by atoms with Crippen LogP contribution < -0.4 is 9.64 Å². The summed E-state index contributed by atoms with van der Waals surface area (Å²) in [6, 6.07) is 18.3. The molecule has 0 saturated heterocycles. The average molecular weight is 462 g/mol. The Bertz CT molecular complexity index is 1330. The van der Waals surface area contributed by atoms with Crippen LogP contribution in [-0.2, 0) is 17.8 Å². The van der Waals surface area contributed by atoms with Gasteiger partial charge in [0.15, 0.2) is 5.13 Å². The van der Waals surface area contributed by atoms with Crippen molar-refractivity contribution in [2.75, 3.05) is 18.6 Å². The maximum atomic E-state index is 13.6. The number of aromatic nitrogens is 2. The number of carboxylic acid groups (broad SMARTS) is 1. The highest BCUT2D eigenvalue weighted by atomic mass is 32.1. The Hall–Kier alpha value is -3.96. The number of ether oxygens (including phenoxy) is 1. The summed E-state index contributed by atoms with van der Waals surface area (Å²) >= 11 is 1.35. The summed E-state index contributed by atoms with van der Waals surface area (Å²) in [5.41, 5.74) is 3.46. The van der Waals surface area contributed by atoms with Gasteiger partial charge < -0.3 is 14.7 Å². The quantitative estimate of drug-likeness (QED) is 0.322. The van der Waals surface area contributed by atoms with Gasteiger partial charge in [0, 0.05) is 24.6 Å². The van der Waals surface area contributed by atoms with E-state index in [9.17, 15) is 9.18 Å². The zero-order valence-electron chi connectivity index (χ0n) is 17.8. The second-order valence-corrected chi connectivity index (χ2v) is 8.18. The lowest BCUT2D eigenvalue weighted by atomic mass is 10.1. The highest BCUT2D eigenvalue weighted by molar-refractivity contribution is 7.21. The summed E-state index contributed by atoms with van der Waals surface area (Å²) in [6.45, 7) is 1.26. The summed E-state index contributed by atoms with van der Waals surface area (Å²) in [4.78, 5) is 21.9. The number of anilines is 1. The number of fused-ring (bicyclic) bond motifs is 1. The van der Waals surface area contributed by atoms with Crippen LogP contribution in [0, 0.1) is 17.8 Å². The van der Waals surface area contributed by atoms with E-state index in [1.165, 1.54) is 17.4 Å². The van der Waals surface area contributed by atoms with Gasteiger partial charge in [-0.2, -0.15) is 4.39 Å². The third-order valence-electron chi connectivity index (χ3n) is 4.95. The van der Waals surface area contributed by atoms with Crippen LogP contribution in [0.2, 0.25) is 0 Å². The Morgan fingerprint density at radius 3 is 2.48 bits per heavy atom. The summed E-state index contributed by atoms with van der Waals surface area (Å²) < 4.78 is 18.8. The fourth-order valence-electron chi connectivity index (χ4n) is 3.26. The van der Waals surface area contributed by atoms with Crippen LogP contribution in [0.3, 0.4) is 0 Å². The fourth-order valence-corrected chi connectivity index (χ4v) is 4.21. The van der Waals surface area contributed by atoms with Crippen molar-refractivity contribution in [1.82, 2.24) is 9.97 Å². The Kier molecular flexibility index (Phi) is 6.81. The molecule has 0 fully saturated rings. The lowest BCUT2D eigenvalue weighted by molar-refractivity contribution is -0.130. The molecule has 6 nitrogen and oxygen atoms in total. The lowest BCUT2D eigenvalue weighted by Gasteiger charge is -2.22. The second kappa shape index (κ2) is 10.1. The van der Waals surface area contributed by atoms with Gasteiger partial charge in [0.2, 0.25) is 5.95 Å². The number of rotatable bonds is 7. The first-order valence-electron chi connectivity index (χ1n) is 10.1. The molecule has 0 radical (unpaired) electrons. The molecule has 0 bridgehead atoms. The van der Waals surface area contributed by atoms with Gasteiger partial charge in [0.05, 0.1) is 7.11 Å². The van der Waals surface area contributed by atoms with Crippen LogP contribution in [0.25, 0.3) is 10.3 Å². The van der Waals surface area contributed by atoms with Crippen molar-refractivity contribution in [1.29, 1.82) is 0 Å². The first-order valence-corrected chi connectivity index (χ1v) is 11.0. The largest absolute Gasteiger partial charge is 0.497 e. The number of methoxy groups -OCH3 is 1. The van der Waals surface area contributed by atoms with Gasteiger partial charge in [0.1, 0.15) is 16.1 Å². The number of halogens is 1. The number of hydrogen-bond donors (Lipinski definition) is 1. The number of thiazole rings is 1. The van der Waals surface area contributed by atoms with Gasteiger partial charge in [-0.25, -0.2) is 14.8 Å². The van der Waals surface area contributed by atoms with E-state index in [1.807, 2.05) is 36.4 Å². The molecule has 4 rings (SSSR count). The van der Waals surface area contributed by atoms with Crippen molar-refractivity contribution >= 4 is 32.8 Å². The minimum atomic E-state index is -1.16. The van der Waals surface area contributed by atoms with Gasteiger partial charge in [-0.1, -0.05) is 41.5 Å². The SMILES string of the molecule is COc1ccc(CCN(Cc2ccc(C#CC(=O)O)cc2)c2nc3ccc(F)nc3s2)cc1. The molecule has 0 saturated carbocycles. The minimum Gasteiger partial charge on any atom is -0.497 e. The third kappa shape index (κ3) is 5.84. The maximum absolute atomic E-state index is 13.6. The highest BCUT2D eigenvalue weighted by Crippen LogP contribution is 2.29. The van der Waals surface area contributed by atoms with Crippen LogP contribution in [0.15, 0.2) is 60.7 Å². The molecule has 8 heteroatoms. The van der Waals surface area contributed by atoms with Crippen LogP contribution in [0.1, 0.15) is 16.7 Å². The van der Waals surface area contributed by atoms with Gasteiger partial charge >= 0.3 is 5.97 Å². The van der Waals surface area contributed by atoms with E-state index in [-0.39, 0.29) is 0 Å². The number of nitrogens with zero attached hydrogens (tertiary/aromatic N) is 3. The molecule has 2 heterocycles. The van der Waals surface area contributed by atoms with E-state index in [2.05, 4.69) is 26.7 Å². The molecule has 0 unspecified atom stereocenters. The lowest BCUT2D eigenvalue weighted by Crippen LogP contribution is -2.25. The van der Waals surface area contributed by atoms with Crippen molar-refractivity contribution < 1.29 is 19.0 Å². The topological polar surface area (TPSA) is 75.5 Å². The average Bonchev–Trinajstić information content (AvgIpc) is 3.24. The van der Waals surface area contributed by atoms with E-state index in [4.69, 9.17) is 9.84 Å². The molecule has 0 aliphatic rings. The monoisotopic (exact) mass is 461 g/mol. The first-order chi connectivity index (χ1) is 16.0. The molecule has 33 heavy (non-hydrogen) atoms. The molecule has 0 spiro atoms. The number of carbonyl (C=O) groups is 1. The van der Waals surface area contributed by atoms with Crippen LogP contribution in [0.5, 0.6) is 5.75 Å². The first kappa shape index (κ1) is 22.2. The van der Waals surface area contributed by atoms with Crippen molar-refractivity contribution in [2.24, 2.45) is 0 Å². The Labute approximate surface area is 194 Å². The second-order valence-electron chi connectivity index (χ2n) is 7.23. The highest BCUT2D eigenvalue weighted by Gasteiger charge is 2.15. The summed E-state index contributed by atoms with van der Waals surface area (Å²) in [6.07, 6.45) is 0.782. The van der Waals surface area contributed by atoms with Gasteiger partial charge in [0.25, 0.3) is 0 Å². The van der Waals surface area contributed by atoms with Crippen molar-refractivity contribution in [3.63, 3.8) is 0 Å². The number of pyridine rings is 1. The number of aliphatic carboxylic acids is 1. The van der Waals surface area contributed by atoms with E-state index in [1.54, 1.807) is 25.3 Å². The summed E-state index contributed by atoms with van der Waals surface area (Å²) in [5.74, 6) is 3.84. The van der Waals surface area contributed by atoms with Crippen LogP contribution in [0.4, 0.5) is 9.52 Å². The molecule has 166 valence electrons. The van der Waals surface area contributed by atoms with Gasteiger partial charge in [-0.05, 0) is 53.9 Å². The van der Waals surface area contributed by atoms with Crippen molar-refractivity contribution in [2.45, 2.75) is 13.0 Å². The number of carboxylic acids is 1. The molecular weight excluding hydrogens is 441 g/mol. The smallest absolute Gasteiger partial charge is 0.382 e. The molecule has 0 aliphatic carbocycles. The summed E-state index contributed by atoms with van der Waals surface area (Å²) in [7, 11) is 1.64. The number of hydrogen-bond acceptors (Lipinski definition) is 6. The molecule has 0 atom stereocenters. The molecule has 4 aromatic rings. The van der Waals surface area contributed by atoms with E-state index < -0.39 is 11.9 Å². The molecular formula is C25H20FN3O3S. The third-order valence-corrected chi connectivity index (χ3v) is 5.98. The van der Waals surface area contributed by atoms with Crippen LogP contribution in [-0.4, -0.2) is 34.7 Å².